The molecule has 0 fully saturated rings. The third-order valence-electron chi connectivity index (χ3n) is 3.24. The Kier molecular flexibility index (Phi) is 6.06. The van der Waals surface area contributed by atoms with Crippen molar-refractivity contribution in [2.45, 2.75) is 39.2 Å². The van der Waals surface area contributed by atoms with Crippen LogP contribution in [0.4, 0.5) is 0 Å². The van der Waals surface area contributed by atoms with Gasteiger partial charge in [-0.15, -0.1) is 0 Å². The van der Waals surface area contributed by atoms with Gasteiger partial charge in [0.1, 0.15) is 6.04 Å². The Morgan fingerprint density at radius 1 is 1.26 bits per heavy atom. The highest BCUT2D eigenvalue weighted by atomic mass is 16.4. The van der Waals surface area contributed by atoms with Gasteiger partial charge in [0, 0.05) is 5.92 Å². The van der Waals surface area contributed by atoms with E-state index >= 15 is 0 Å². The molecule has 0 saturated heterocycles. The molecule has 1 aromatic carbocycles. The maximum absolute atomic E-state index is 11.7. The van der Waals surface area contributed by atoms with E-state index in [0.29, 0.717) is 19.3 Å². The number of carbonyl (C=O) groups is 2. The van der Waals surface area contributed by atoms with Gasteiger partial charge in [-0.2, -0.15) is 0 Å². The third kappa shape index (κ3) is 5.12. The maximum atomic E-state index is 11.7. The Bertz CT molecular complexity index is 417. The predicted molar refractivity (Wildman–Crippen MR) is 73.8 cm³/mol. The molecule has 0 bridgehead atoms. The normalized spacial score (nSPS) is 13.6. The number of aryl methyl sites for hydroxylation is 1. The molecule has 19 heavy (non-hydrogen) atoms. The van der Waals surface area contributed by atoms with Crippen molar-refractivity contribution in [2.24, 2.45) is 5.92 Å². The number of amides is 1. The first-order valence-corrected chi connectivity index (χ1v) is 6.61. The standard InChI is InChI=1S/C15H21NO3/c1-3-11(2)14(17)16-13(15(18)19)10-9-12-7-5-4-6-8-12/h4-8,11,13H,3,9-10H2,1-2H3,(H,16,17)(H,18,19)/t11?,13-/m0/s1. The Balaban J connectivity index is 2.54. The molecule has 1 amide bonds. The summed E-state index contributed by atoms with van der Waals surface area (Å²) in [6, 6.07) is 8.85. The van der Waals surface area contributed by atoms with E-state index in [0.717, 1.165) is 5.56 Å². The second kappa shape index (κ2) is 7.56. The lowest BCUT2D eigenvalue weighted by Crippen LogP contribution is -2.43. The highest BCUT2D eigenvalue weighted by Crippen LogP contribution is 2.07. The van der Waals surface area contributed by atoms with Gasteiger partial charge in [-0.05, 0) is 24.8 Å². The summed E-state index contributed by atoms with van der Waals surface area (Å²) in [6.45, 7) is 3.70. The largest absolute Gasteiger partial charge is 0.480 e. The zero-order chi connectivity index (χ0) is 14.3. The van der Waals surface area contributed by atoms with Crippen molar-refractivity contribution in [1.29, 1.82) is 0 Å². The van der Waals surface area contributed by atoms with Gasteiger partial charge in [0.05, 0.1) is 0 Å². The zero-order valence-corrected chi connectivity index (χ0v) is 11.4. The number of rotatable bonds is 7. The number of carboxylic acid groups (broad SMARTS) is 1. The molecule has 0 saturated carbocycles. The van der Waals surface area contributed by atoms with Crippen molar-refractivity contribution >= 4 is 11.9 Å². The molecule has 1 rings (SSSR count). The molecular formula is C15H21NO3. The molecule has 1 aromatic rings. The van der Waals surface area contributed by atoms with Crippen molar-refractivity contribution in [2.75, 3.05) is 0 Å². The Hall–Kier alpha value is -1.84. The van der Waals surface area contributed by atoms with Crippen LogP contribution in [0.25, 0.3) is 0 Å². The lowest BCUT2D eigenvalue weighted by atomic mass is 10.0. The van der Waals surface area contributed by atoms with E-state index in [-0.39, 0.29) is 11.8 Å². The van der Waals surface area contributed by atoms with Gasteiger partial charge in [0.25, 0.3) is 0 Å². The van der Waals surface area contributed by atoms with Crippen molar-refractivity contribution in [3.63, 3.8) is 0 Å². The van der Waals surface area contributed by atoms with Crippen LogP contribution in [0.15, 0.2) is 30.3 Å². The number of aliphatic carboxylic acids is 1. The molecule has 0 aliphatic heterocycles. The second-order valence-electron chi connectivity index (χ2n) is 4.73. The summed E-state index contributed by atoms with van der Waals surface area (Å²) in [7, 11) is 0. The number of carboxylic acids is 1. The summed E-state index contributed by atoms with van der Waals surface area (Å²) >= 11 is 0. The molecule has 1 unspecified atom stereocenters. The number of hydrogen-bond acceptors (Lipinski definition) is 2. The van der Waals surface area contributed by atoms with Crippen LogP contribution in [0.3, 0.4) is 0 Å². The van der Waals surface area contributed by atoms with Crippen LogP contribution in [0.2, 0.25) is 0 Å². The van der Waals surface area contributed by atoms with Gasteiger partial charge in [-0.3, -0.25) is 4.79 Å². The van der Waals surface area contributed by atoms with Crippen LogP contribution in [-0.4, -0.2) is 23.0 Å². The van der Waals surface area contributed by atoms with Gasteiger partial charge in [0.2, 0.25) is 5.91 Å². The summed E-state index contributed by atoms with van der Waals surface area (Å²) in [6.07, 6.45) is 1.75. The molecule has 4 heteroatoms. The van der Waals surface area contributed by atoms with Crippen molar-refractivity contribution < 1.29 is 14.7 Å². The smallest absolute Gasteiger partial charge is 0.326 e. The van der Waals surface area contributed by atoms with Crippen LogP contribution in [0.1, 0.15) is 32.3 Å². The minimum atomic E-state index is -0.979. The predicted octanol–water partition coefficient (Wildman–Crippen LogP) is 2.23. The molecule has 4 nitrogen and oxygen atoms in total. The minimum absolute atomic E-state index is 0.154. The van der Waals surface area contributed by atoms with Crippen LogP contribution >= 0.6 is 0 Å². The van der Waals surface area contributed by atoms with Crippen LogP contribution in [0.5, 0.6) is 0 Å². The van der Waals surface area contributed by atoms with Gasteiger partial charge in [-0.1, -0.05) is 44.2 Å². The first kappa shape index (κ1) is 15.2. The summed E-state index contributed by atoms with van der Waals surface area (Å²) in [5.41, 5.74) is 1.08. The summed E-state index contributed by atoms with van der Waals surface area (Å²) < 4.78 is 0. The van der Waals surface area contributed by atoms with E-state index in [1.807, 2.05) is 37.3 Å². The average molecular weight is 263 g/mol. The van der Waals surface area contributed by atoms with E-state index in [1.165, 1.54) is 0 Å². The molecule has 0 aliphatic rings. The Labute approximate surface area is 113 Å². The van der Waals surface area contributed by atoms with E-state index in [1.54, 1.807) is 6.92 Å². The van der Waals surface area contributed by atoms with Gasteiger partial charge >= 0.3 is 5.97 Å². The van der Waals surface area contributed by atoms with Gasteiger partial charge < -0.3 is 10.4 Å². The number of carbonyl (C=O) groups excluding carboxylic acids is 1. The Morgan fingerprint density at radius 3 is 2.42 bits per heavy atom. The van der Waals surface area contributed by atoms with Gasteiger partial charge in [-0.25, -0.2) is 4.79 Å². The number of hydrogen-bond donors (Lipinski definition) is 2. The van der Waals surface area contributed by atoms with Crippen molar-refractivity contribution in [3.05, 3.63) is 35.9 Å². The number of nitrogens with one attached hydrogen (secondary N) is 1. The molecule has 0 aliphatic carbocycles. The molecule has 104 valence electrons. The van der Waals surface area contributed by atoms with Crippen molar-refractivity contribution in [1.82, 2.24) is 5.32 Å². The van der Waals surface area contributed by atoms with E-state index < -0.39 is 12.0 Å². The van der Waals surface area contributed by atoms with E-state index in [4.69, 9.17) is 5.11 Å². The lowest BCUT2D eigenvalue weighted by molar-refractivity contribution is -0.142. The fourth-order valence-corrected chi connectivity index (χ4v) is 1.71. The van der Waals surface area contributed by atoms with E-state index in [9.17, 15) is 9.59 Å². The quantitative estimate of drug-likeness (QED) is 0.792. The summed E-state index contributed by atoms with van der Waals surface area (Å²) in [5, 5.41) is 11.7. The first-order chi connectivity index (χ1) is 9.04. The molecule has 2 N–H and O–H groups in total. The monoisotopic (exact) mass is 263 g/mol. The topological polar surface area (TPSA) is 66.4 Å². The summed E-state index contributed by atoms with van der Waals surface area (Å²) in [4.78, 5) is 22.9. The van der Waals surface area contributed by atoms with Crippen LogP contribution in [0, 0.1) is 5.92 Å². The molecule has 0 radical (unpaired) electrons. The SMILES string of the molecule is CCC(C)C(=O)N[C@@H](CCc1ccccc1)C(=O)O. The lowest BCUT2D eigenvalue weighted by Gasteiger charge is -2.17. The zero-order valence-electron chi connectivity index (χ0n) is 11.4. The van der Waals surface area contributed by atoms with Crippen LogP contribution in [-0.2, 0) is 16.0 Å². The van der Waals surface area contributed by atoms with Crippen molar-refractivity contribution in [3.8, 4) is 0 Å². The second-order valence-corrected chi connectivity index (χ2v) is 4.73. The number of benzene rings is 1. The molecule has 0 heterocycles. The molecule has 0 spiro atoms. The Morgan fingerprint density at radius 2 is 1.89 bits per heavy atom. The molecule has 0 aromatic heterocycles. The minimum Gasteiger partial charge on any atom is -0.480 e. The van der Waals surface area contributed by atoms with Gasteiger partial charge in [0.15, 0.2) is 0 Å². The highest BCUT2D eigenvalue weighted by molar-refractivity contribution is 5.84. The molecular weight excluding hydrogens is 242 g/mol. The first-order valence-electron chi connectivity index (χ1n) is 6.61. The molecule has 2 atom stereocenters. The average Bonchev–Trinajstić information content (AvgIpc) is 2.42. The van der Waals surface area contributed by atoms with Crippen LogP contribution < -0.4 is 5.32 Å². The van der Waals surface area contributed by atoms with E-state index in [2.05, 4.69) is 5.32 Å². The fourth-order valence-electron chi connectivity index (χ4n) is 1.71. The third-order valence-corrected chi connectivity index (χ3v) is 3.24. The highest BCUT2D eigenvalue weighted by Gasteiger charge is 2.21. The fraction of sp³-hybridized carbons (Fsp3) is 0.467. The maximum Gasteiger partial charge on any atom is 0.326 e. The summed E-state index contributed by atoms with van der Waals surface area (Å²) in [5.74, 6) is -1.32.